The average Bonchev–Trinajstić information content (AvgIpc) is 3.25. The molecule has 0 aromatic heterocycles. The number of anilines is 1. The quantitative estimate of drug-likeness (QED) is 0.740. The topological polar surface area (TPSA) is 69.6 Å². The molecule has 3 aliphatic rings. The maximum Gasteiger partial charge on any atom is 0.246 e. The zero-order valence-electron chi connectivity index (χ0n) is 17.3. The maximum absolute atomic E-state index is 14.4. The molecule has 31 heavy (non-hydrogen) atoms. The second kappa shape index (κ2) is 8.04. The van der Waals surface area contributed by atoms with Gasteiger partial charge in [0, 0.05) is 18.2 Å². The summed E-state index contributed by atoms with van der Waals surface area (Å²) in [5.74, 6) is -0.811. The number of nitrogens with one attached hydrogen (secondary N) is 1. The summed E-state index contributed by atoms with van der Waals surface area (Å²) >= 11 is 0. The second-order valence-corrected chi connectivity index (χ2v) is 10.5. The Morgan fingerprint density at radius 3 is 2.74 bits per heavy atom. The van der Waals surface area contributed by atoms with Crippen molar-refractivity contribution >= 4 is 21.3 Å². The number of hydrogen-bond donors (Lipinski definition) is 2. The highest BCUT2D eigenvalue weighted by Gasteiger charge is 2.49. The molecule has 0 saturated carbocycles. The van der Waals surface area contributed by atoms with Crippen molar-refractivity contribution in [1.82, 2.24) is 4.31 Å². The van der Waals surface area contributed by atoms with E-state index in [-0.39, 0.29) is 23.5 Å². The highest BCUT2D eigenvalue weighted by molar-refractivity contribution is 7.89. The van der Waals surface area contributed by atoms with E-state index in [0.29, 0.717) is 13.0 Å². The number of allylic oxidation sites excluding steroid dienone is 2. The van der Waals surface area contributed by atoms with E-state index in [1.54, 1.807) is 6.07 Å². The van der Waals surface area contributed by atoms with Gasteiger partial charge in [0.15, 0.2) is 0 Å². The number of nitrogens with zero attached hydrogens (tertiary/aromatic N) is 1. The highest BCUT2D eigenvalue weighted by Crippen LogP contribution is 2.49. The molecule has 0 radical (unpaired) electrons. The molecule has 5 rings (SSSR count). The SMILES string of the molecule is O=S(=O)(c1ccccc1F)N1CC[C@H]2[C@H](CO)Nc3ccc(C4=CCCCC4)cc3[C@H]21. The molecular formula is C24H27FN2O3S. The first kappa shape index (κ1) is 20.7. The van der Waals surface area contributed by atoms with Gasteiger partial charge >= 0.3 is 0 Å². The minimum absolute atomic E-state index is 0.0744. The number of hydrogen-bond acceptors (Lipinski definition) is 4. The predicted octanol–water partition coefficient (Wildman–Crippen LogP) is 4.32. The Morgan fingerprint density at radius 1 is 1.16 bits per heavy atom. The van der Waals surface area contributed by atoms with Gasteiger partial charge in [-0.3, -0.25) is 0 Å². The zero-order chi connectivity index (χ0) is 21.6. The first-order valence-corrected chi connectivity index (χ1v) is 12.4. The van der Waals surface area contributed by atoms with Crippen molar-refractivity contribution < 1.29 is 17.9 Å². The van der Waals surface area contributed by atoms with Crippen LogP contribution in [0.1, 0.15) is 49.3 Å². The van der Waals surface area contributed by atoms with Crippen LogP contribution < -0.4 is 5.32 Å². The number of aliphatic hydroxyl groups excluding tert-OH is 1. The van der Waals surface area contributed by atoms with Crippen molar-refractivity contribution in [3.8, 4) is 0 Å². The van der Waals surface area contributed by atoms with Gasteiger partial charge < -0.3 is 10.4 Å². The summed E-state index contributed by atoms with van der Waals surface area (Å²) < 4.78 is 42.9. The third-order valence-corrected chi connectivity index (χ3v) is 8.82. The summed E-state index contributed by atoms with van der Waals surface area (Å²) in [6.45, 7) is 0.220. The van der Waals surface area contributed by atoms with Gasteiger partial charge in [0.25, 0.3) is 0 Å². The average molecular weight is 443 g/mol. The molecule has 2 N–H and O–H groups in total. The largest absolute Gasteiger partial charge is 0.394 e. The highest BCUT2D eigenvalue weighted by atomic mass is 32.2. The van der Waals surface area contributed by atoms with Crippen LogP contribution in [0.4, 0.5) is 10.1 Å². The lowest BCUT2D eigenvalue weighted by Gasteiger charge is -2.39. The second-order valence-electron chi connectivity index (χ2n) is 8.65. The Balaban J connectivity index is 1.61. The molecule has 0 unspecified atom stereocenters. The Hall–Kier alpha value is -2.22. The first-order valence-electron chi connectivity index (χ1n) is 11.0. The van der Waals surface area contributed by atoms with Gasteiger partial charge in [0.05, 0.1) is 18.7 Å². The van der Waals surface area contributed by atoms with E-state index in [1.807, 2.05) is 6.07 Å². The third kappa shape index (κ3) is 3.49. The smallest absolute Gasteiger partial charge is 0.246 e. The number of halogens is 1. The molecule has 1 aliphatic carbocycles. The molecule has 0 bridgehead atoms. The molecular weight excluding hydrogens is 415 g/mol. The Morgan fingerprint density at radius 2 is 2.00 bits per heavy atom. The van der Waals surface area contributed by atoms with E-state index in [2.05, 4.69) is 23.5 Å². The van der Waals surface area contributed by atoms with Crippen LogP contribution in [-0.4, -0.2) is 37.0 Å². The fourth-order valence-corrected chi connectivity index (χ4v) is 7.10. The van der Waals surface area contributed by atoms with Crippen molar-refractivity contribution in [3.63, 3.8) is 0 Å². The number of rotatable bonds is 4. The lowest BCUT2D eigenvalue weighted by molar-refractivity contribution is 0.210. The van der Waals surface area contributed by atoms with Gasteiger partial charge in [-0.25, -0.2) is 12.8 Å². The number of sulfonamides is 1. The maximum atomic E-state index is 14.4. The number of benzene rings is 2. The van der Waals surface area contributed by atoms with Gasteiger partial charge in [-0.05, 0) is 73.1 Å². The normalized spacial score (nSPS) is 26.0. The Kier molecular flexibility index (Phi) is 5.36. The Bertz CT molecular complexity index is 1130. The number of fused-ring (bicyclic) bond motifs is 3. The van der Waals surface area contributed by atoms with Crippen LogP contribution in [0.5, 0.6) is 0 Å². The zero-order valence-corrected chi connectivity index (χ0v) is 18.1. The molecule has 3 atom stereocenters. The minimum Gasteiger partial charge on any atom is -0.394 e. The molecule has 2 aromatic carbocycles. The van der Waals surface area contributed by atoms with Gasteiger partial charge in [0.2, 0.25) is 10.0 Å². The van der Waals surface area contributed by atoms with Crippen LogP contribution in [0.2, 0.25) is 0 Å². The van der Waals surface area contributed by atoms with Gasteiger partial charge in [-0.2, -0.15) is 4.31 Å². The van der Waals surface area contributed by atoms with Gasteiger partial charge in [0.1, 0.15) is 10.7 Å². The van der Waals surface area contributed by atoms with Crippen LogP contribution in [-0.2, 0) is 10.0 Å². The summed E-state index contributed by atoms with van der Waals surface area (Å²) in [6, 6.07) is 11.0. The Labute approximate surface area is 182 Å². The van der Waals surface area contributed by atoms with Crippen LogP contribution in [0.15, 0.2) is 53.4 Å². The van der Waals surface area contributed by atoms with Crippen molar-refractivity contribution in [3.05, 3.63) is 65.5 Å². The summed E-state index contributed by atoms with van der Waals surface area (Å²) in [5, 5.41) is 13.4. The summed E-state index contributed by atoms with van der Waals surface area (Å²) in [5.41, 5.74) is 4.18. The molecule has 0 amide bonds. The molecule has 5 nitrogen and oxygen atoms in total. The molecule has 1 saturated heterocycles. The van der Waals surface area contributed by atoms with Crippen LogP contribution >= 0.6 is 0 Å². The first-order chi connectivity index (χ1) is 15.0. The predicted molar refractivity (Wildman–Crippen MR) is 119 cm³/mol. The summed E-state index contributed by atoms with van der Waals surface area (Å²) in [7, 11) is -4.02. The van der Waals surface area contributed by atoms with Crippen molar-refractivity contribution in [1.29, 1.82) is 0 Å². The summed E-state index contributed by atoms with van der Waals surface area (Å²) in [6.07, 6.45) is 7.34. The van der Waals surface area contributed by atoms with Gasteiger partial charge in [-0.1, -0.05) is 24.3 Å². The van der Waals surface area contributed by atoms with E-state index in [1.165, 1.54) is 34.5 Å². The minimum atomic E-state index is -4.02. The number of aliphatic hydroxyl groups is 1. The molecule has 2 aliphatic heterocycles. The van der Waals surface area contributed by atoms with E-state index in [0.717, 1.165) is 36.1 Å². The van der Waals surface area contributed by atoms with Crippen LogP contribution in [0.3, 0.4) is 0 Å². The lowest BCUT2D eigenvalue weighted by atomic mass is 9.82. The van der Waals surface area contributed by atoms with E-state index in [9.17, 15) is 17.9 Å². The van der Waals surface area contributed by atoms with Crippen molar-refractivity contribution in [2.24, 2.45) is 5.92 Å². The van der Waals surface area contributed by atoms with Gasteiger partial charge in [-0.15, -0.1) is 0 Å². The third-order valence-electron chi connectivity index (χ3n) is 6.91. The van der Waals surface area contributed by atoms with Crippen LogP contribution in [0.25, 0.3) is 5.57 Å². The molecule has 164 valence electrons. The molecule has 0 spiro atoms. The van der Waals surface area contributed by atoms with Crippen LogP contribution in [0, 0.1) is 11.7 Å². The lowest BCUT2D eigenvalue weighted by Crippen LogP contribution is -2.43. The van der Waals surface area contributed by atoms with Crippen molar-refractivity contribution in [2.75, 3.05) is 18.5 Å². The molecule has 7 heteroatoms. The fourth-order valence-electron chi connectivity index (χ4n) is 5.37. The standard InChI is InChI=1S/C24H27FN2O3S/c25-20-8-4-5-9-23(20)31(29,30)27-13-12-18-22(15-28)26-21-11-10-17(14-19(21)24(18)27)16-6-2-1-3-7-16/h4-6,8-11,14,18,22,24,26,28H,1-3,7,12-13,15H2/t18-,22-,24-/m0/s1. The summed E-state index contributed by atoms with van der Waals surface area (Å²) in [4.78, 5) is -0.289. The van der Waals surface area contributed by atoms with Crippen molar-refractivity contribution in [2.45, 2.75) is 49.1 Å². The van der Waals surface area contributed by atoms with E-state index < -0.39 is 21.9 Å². The fraction of sp³-hybridized carbons (Fsp3) is 0.417. The molecule has 2 heterocycles. The molecule has 2 aromatic rings. The monoisotopic (exact) mass is 442 g/mol. The van der Waals surface area contributed by atoms with E-state index in [4.69, 9.17) is 0 Å². The molecule has 1 fully saturated rings. The van der Waals surface area contributed by atoms with E-state index >= 15 is 0 Å².